The number of fused-ring (bicyclic) bond motifs is 5. The van der Waals surface area contributed by atoms with Gasteiger partial charge in [0.1, 0.15) is 19.0 Å². The van der Waals surface area contributed by atoms with Crippen molar-refractivity contribution in [2.24, 2.45) is 23.7 Å². The van der Waals surface area contributed by atoms with Gasteiger partial charge in [-0.05, 0) is 30.4 Å². The molecule has 2 amide bonds. The maximum atomic E-state index is 13.9. The number of aromatic amines is 1. The molecule has 4 aromatic heterocycles. The third-order valence-electron chi connectivity index (χ3n) is 11.2. The fraction of sp³-hybridized carbons (Fsp3) is 0.486. The Bertz CT molecular complexity index is 2760. The standard InChI is InChI=1S/C37H43N12O10PS2/c1-19(2)33(50)46-37-45-32-27(35(52)47-37)42-18-49(32)36-29-21(4)25(57-36)15-56-60(61,55-12-11-38-5)58-28-20(3)24(13-23(28)14-43-62(53,54)59-29)48-17-41-26-30(39-16-40-31(26)48)44-34(51)22-9-7-6-8-10-22/h6-10,16-21,23-25,28-29,36,43H,11-15H2,1-4H3,(H,39,40,44,51)(H2,45,46,47,50,52)/t20-,21+,23+,24+,25+,28-,29+,36+,60?/m0/s1. The first kappa shape index (κ1) is 43.6. The molecule has 1 saturated carbocycles. The average molecular weight is 911 g/mol. The number of H-pyrrole nitrogens is 1. The highest BCUT2D eigenvalue weighted by Gasteiger charge is 2.50. The van der Waals surface area contributed by atoms with Crippen molar-refractivity contribution in [3.8, 4) is 0 Å². The van der Waals surface area contributed by atoms with E-state index in [0.29, 0.717) is 23.1 Å². The zero-order valence-electron chi connectivity index (χ0n) is 33.8. The Kier molecular flexibility index (Phi) is 12.4. The summed E-state index contributed by atoms with van der Waals surface area (Å²) < 4.78 is 65.1. The van der Waals surface area contributed by atoms with Crippen LogP contribution in [-0.2, 0) is 49.4 Å². The molecule has 22 nitrogen and oxygen atoms in total. The molecule has 62 heavy (non-hydrogen) atoms. The summed E-state index contributed by atoms with van der Waals surface area (Å²) in [4.78, 5) is 66.4. The molecule has 25 heteroatoms. The van der Waals surface area contributed by atoms with E-state index in [-0.39, 0.29) is 67.1 Å². The molecule has 3 fully saturated rings. The maximum absolute atomic E-state index is 13.9. The van der Waals surface area contributed by atoms with Crippen LogP contribution in [0.3, 0.4) is 0 Å². The second-order valence-electron chi connectivity index (χ2n) is 15.5. The first-order valence-corrected chi connectivity index (χ1v) is 23.7. The summed E-state index contributed by atoms with van der Waals surface area (Å²) in [6.45, 7) is 10.1. The summed E-state index contributed by atoms with van der Waals surface area (Å²) in [6.07, 6.45) is 0.497. The Balaban J connectivity index is 1.10. The highest BCUT2D eigenvalue weighted by atomic mass is 32.5. The van der Waals surface area contributed by atoms with Gasteiger partial charge in [0, 0.05) is 41.8 Å². The van der Waals surface area contributed by atoms with E-state index in [0.717, 1.165) is 0 Å². The molecule has 328 valence electrons. The molecule has 0 spiro atoms. The maximum Gasteiger partial charge on any atom is 0.336 e. The van der Waals surface area contributed by atoms with Crippen LogP contribution >= 0.6 is 6.72 Å². The SMILES string of the molecule is [C-]#[N+]CCOP1(=S)OC[C@H]2O[C@@H](n3cnc4c(=O)[nH]c(NC(=O)C(C)C)nc43)[C@H](OS(=O)(=O)NC[C@H]3C[C@@H](n4cnc5c(NC(=O)c6ccccc6)ncnc54)[C@H](C)[C@@H]3O1)[C@@H]2C. The molecule has 4 N–H and O–H groups in total. The molecule has 9 atom stereocenters. The predicted molar refractivity (Wildman–Crippen MR) is 225 cm³/mol. The topological polar surface area (TPSA) is 262 Å². The summed E-state index contributed by atoms with van der Waals surface area (Å²) in [5, 5.41) is 5.38. The number of anilines is 2. The van der Waals surface area contributed by atoms with Crippen LogP contribution in [0.2, 0.25) is 0 Å². The number of carbonyl (C=O) groups excluding carboxylic acids is 2. The minimum Gasteiger partial charge on any atom is -0.349 e. The van der Waals surface area contributed by atoms with Gasteiger partial charge in [-0.1, -0.05) is 45.9 Å². The molecule has 2 bridgehead atoms. The van der Waals surface area contributed by atoms with Crippen molar-refractivity contribution >= 4 is 74.7 Å². The molecule has 6 heterocycles. The van der Waals surface area contributed by atoms with E-state index >= 15 is 0 Å². The number of rotatable bonds is 9. The van der Waals surface area contributed by atoms with E-state index in [1.54, 1.807) is 57.4 Å². The fourth-order valence-electron chi connectivity index (χ4n) is 7.84. The largest absolute Gasteiger partial charge is 0.349 e. The first-order chi connectivity index (χ1) is 29.6. The number of benzene rings is 1. The number of hydrogen-bond donors (Lipinski definition) is 4. The van der Waals surface area contributed by atoms with Crippen molar-refractivity contribution in [2.75, 3.05) is 36.9 Å². The van der Waals surface area contributed by atoms with Crippen LogP contribution < -0.4 is 20.9 Å². The summed E-state index contributed by atoms with van der Waals surface area (Å²) >= 11 is 6.01. The Morgan fingerprint density at radius 1 is 1.05 bits per heavy atom. The Morgan fingerprint density at radius 3 is 2.56 bits per heavy atom. The molecule has 1 aromatic carbocycles. The van der Waals surface area contributed by atoms with Gasteiger partial charge in [0.15, 0.2) is 34.4 Å². The summed E-state index contributed by atoms with van der Waals surface area (Å²) in [5.74, 6) is -2.68. The molecule has 2 aliphatic heterocycles. The van der Waals surface area contributed by atoms with Crippen molar-refractivity contribution in [1.82, 2.24) is 43.8 Å². The van der Waals surface area contributed by atoms with Gasteiger partial charge in [-0.3, -0.25) is 29.3 Å². The van der Waals surface area contributed by atoms with Crippen LogP contribution in [0, 0.1) is 30.2 Å². The minimum absolute atomic E-state index is 0.000561. The van der Waals surface area contributed by atoms with Crippen LogP contribution in [-0.4, -0.2) is 104 Å². The second kappa shape index (κ2) is 17.6. The van der Waals surface area contributed by atoms with Crippen molar-refractivity contribution < 1.29 is 40.5 Å². The number of imidazole rings is 2. The lowest BCUT2D eigenvalue weighted by Crippen LogP contribution is -2.39. The van der Waals surface area contributed by atoms with Crippen molar-refractivity contribution in [1.29, 1.82) is 0 Å². The van der Waals surface area contributed by atoms with E-state index < -0.39 is 70.8 Å². The average Bonchev–Trinajstić information content (AvgIpc) is 4.01. The van der Waals surface area contributed by atoms with Gasteiger partial charge in [-0.15, -0.1) is 0 Å². The van der Waals surface area contributed by atoms with Gasteiger partial charge < -0.3 is 33.0 Å². The van der Waals surface area contributed by atoms with E-state index in [1.165, 1.54) is 17.2 Å². The van der Waals surface area contributed by atoms with Gasteiger partial charge in [-0.25, -0.2) is 30.7 Å². The summed E-state index contributed by atoms with van der Waals surface area (Å²) in [6, 6.07) is 8.29. The fourth-order valence-corrected chi connectivity index (χ4v) is 11.1. The molecule has 8 rings (SSSR count). The Hall–Kier alpha value is -5.09. The lowest BCUT2D eigenvalue weighted by Gasteiger charge is -2.31. The minimum atomic E-state index is -4.52. The molecule has 3 aliphatic rings. The van der Waals surface area contributed by atoms with Gasteiger partial charge in [0.25, 0.3) is 11.5 Å². The highest BCUT2D eigenvalue weighted by Crippen LogP contribution is 2.57. The first-order valence-electron chi connectivity index (χ1n) is 19.7. The lowest BCUT2D eigenvalue weighted by molar-refractivity contribution is -0.118. The summed E-state index contributed by atoms with van der Waals surface area (Å²) in [7, 11) is -4.52. The molecule has 0 radical (unpaired) electrons. The monoisotopic (exact) mass is 910 g/mol. The van der Waals surface area contributed by atoms with Gasteiger partial charge in [0.05, 0.1) is 31.5 Å². The van der Waals surface area contributed by atoms with Crippen LogP contribution in [0.15, 0.2) is 54.1 Å². The van der Waals surface area contributed by atoms with Crippen LogP contribution in [0.1, 0.15) is 56.7 Å². The smallest absolute Gasteiger partial charge is 0.336 e. The predicted octanol–water partition coefficient (Wildman–Crippen LogP) is 3.33. The Labute approximate surface area is 359 Å². The van der Waals surface area contributed by atoms with Crippen molar-refractivity contribution in [3.05, 3.63) is 76.6 Å². The normalized spacial score (nSPS) is 28.7. The quantitative estimate of drug-likeness (QED) is 0.0939. The van der Waals surface area contributed by atoms with E-state index in [2.05, 4.69) is 50.1 Å². The number of amides is 2. The number of nitrogens with one attached hydrogen (secondary N) is 4. The Morgan fingerprint density at radius 2 is 1.81 bits per heavy atom. The van der Waals surface area contributed by atoms with Crippen LogP contribution in [0.5, 0.6) is 0 Å². The number of nitrogens with zero attached hydrogens (tertiary/aromatic N) is 8. The highest BCUT2D eigenvalue weighted by molar-refractivity contribution is 8.07. The molecular weight excluding hydrogens is 868 g/mol. The molecular formula is C37H43N12O10PS2. The number of aromatic nitrogens is 8. The van der Waals surface area contributed by atoms with Gasteiger partial charge in [-0.2, -0.15) is 18.1 Å². The van der Waals surface area contributed by atoms with Crippen LogP contribution in [0.4, 0.5) is 11.8 Å². The molecule has 1 unspecified atom stereocenters. The molecule has 5 aromatic rings. The summed E-state index contributed by atoms with van der Waals surface area (Å²) in [5.41, 5.74) is 0.471. The van der Waals surface area contributed by atoms with Gasteiger partial charge >= 0.3 is 17.0 Å². The zero-order valence-corrected chi connectivity index (χ0v) is 36.3. The second-order valence-corrected chi connectivity index (χ2v) is 19.8. The number of carbonyl (C=O) groups is 2. The van der Waals surface area contributed by atoms with Crippen molar-refractivity contribution in [3.63, 3.8) is 0 Å². The van der Waals surface area contributed by atoms with Gasteiger partial charge in [0.2, 0.25) is 18.4 Å². The van der Waals surface area contributed by atoms with Crippen LogP contribution in [0.25, 0.3) is 27.2 Å². The number of ether oxygens (including phenoxy) is 1. The number of hydrogen-bond acceptors (Lipinski definition) is 16. The lowest BCUT2D eigenvalue weighted by atomic mass is 10.0. The van der Waals surface area contributed by atoms with E-state index in [1.807, 2.05) is 11.5 Å². The third kappa shape index (κ3) is 8.77. The van der Waals surface area contributed by atoms with E-state index in [9.17, 15) is 22.8 Å². The van der Waals surface area contributed by atoms with Crippen molar-refractivity contribution in [2.45, 2.75) is 64.7 Å². The molecule has 2 saturated heterocycles. The molecule has 1 aliphatic carbocycles. The van der Waals surface area contributed by atoms with E-state index in [4.69, 9.17) is 40.9 Å². The zero-order chi connectivity index (χ0) is 43.9. The third-order valence-corrected chi connectivity index (χ3v) is 14.5.